The van der Waals surface area contributed by atoms with Crippen molar-refractivity contribution in [2.75, 3.05) is 6.54 Å². The topological polar surface area (TPSA) is 69.2 Å². The largest absolute Gasteiger partial charge is 1.00 e. The van der Waals surface area contributed by atoms with Crippen LogP contribution in [0.25, 0.3) is 0 Å². The summed E-state index contributed by atoms with van der Waals surface area (Å²) in [6, 6.07) is 0. The van der Waals surface area contributed by atoms with E-state index in [1.54, 1.807) is 0 Å². The Labute approximate surface area is 110 Å². The first-order valence-corrected chi connectivity index (χ1v) is 3.89. The van der Waals surface area contributed by atoms with Crippen molar-refractivity contribution in [1.82, 2.24) is 4.72 Å². The van der Waals surface area contributed by atoms with Gasteiger partial charge in [-0.15, -0.1) is 0 Å². The van der Waals surface area contributed by atoms with Crippen molar-refractivity contribution in [2.24, 2.45) is 0 Å². The molecule has 0 saturated carbocycles. The summed E-state index contributed by atoms with van der Waals surface area (Å²) in [7, 11) is -4.75. The van der Waals surface area contributed by atoms with Crippen molar-refractivity contribution in [3.05, 3.63) is 0 Å². The molecule has 0 rings (SSSR count). The van der Waals surface area contributed by atoms with Gasteiger partial charge in [0.15, 0.2) is 10.3 Å². The van der Waals surface area contributed by atoms with Gasteiger partial charge in [0.2, 0.25) is 0 Å². The zero-order chi connectivity index (χ0) is 9.12. The first-order chi connectivity index (χ1) is 4.71. The minimum absolute atomic E-state index is 0. The van der Waals surface area contributed by atoms with Gasteiger partial charge in [-0.1, -0.05) is 0 Å². The molecule has 0 aliphatic heterocycles. The van der Waals surface area contributed by atoms with Crippen molar-refractivity contribution in [3.63, 3.8) is 0 Å². The molecule has 0 atom stereocenters. The predicted octanol–water partition coefficient (Wildman–Crippen LogP) is -3.01. The van der Waals surface area contributed by atoms with E-state index in [9.17, 15) is 26.1 Å². The molecule has 1 N–H and O–H groups in total. The number of hydrogen-bond acceptors (Lipinski definition) is 3. The average Bonchev–Trinajstić information content (AvgIpc) is 1.55. The molecule has 0 aromatic rings. The molecule has 0 fully saturated rings. The van der Waals surface area contributed by atoms with Gasteiger partial charge in [-0.25, -0.2) is 13.1 Å². The standard InChI is InChI=1S/C3H6F3NO3S.K/c4-3(5,6)1-2-7-11(8,9)10;/h7H,1-2H2,(H,8,9,10);/q;+1/p-1. The minimum atomic E-state index is -4.75. The van der Waals surface area contributed by atoms with Crippen molar-refractivity contribution >= 4 is 10.3 Å². The van der Waals surface area contributed by atoms with Crippen LogP contribution in [-0.4, -0.2) is 25.7 Å². The summed E-state index contributed by atoms with van der Waals surface area (Å²) in [6.07, 6.45) is -5.79. The number of alkyl halides is 3. The van der Waals surface area contributed by atoms with Crippen molar-refractivity contribution in [1.29, 1.82) is 0 Å². The van der Waals surface area contributed by atoms with Gasteiger partial charge in [-0.2, -0.15) is 13.2 Å². The van der Waals surface area contributed by atoms with Crippen LogP contribution < -0.4 is 56.1 Å². The summed E-state index contributed by atoms with van der Waals surface area (Å²) in [4.78, 5) is 0. The smallest absolute Gasteiger partial charge is 0.735 e. The number of rotatable bonds is 3. The van der Waals surface area contributed by atoms with E-state index in [2.05, 4.69) is 0 Å². The van der Waals surface area contributed by atoms with Gasteiger partial charge in [-0.05, 0) is 0 Å². The molecule has 0 heterocycles. The second kappa shape index (κ2) is 5.91. The molecule has 0 radical (unpaired) electrons. The van der Waals surface area contributed by atoms with Gasteiger partial charge in [0.1, 0.15) is 0 Å². The van der Waals surface area contributed by atoms with Crippen LogP contribution in [0.1, 0.15) is 6.42 Å². The van der Waals surface area contributed by atoms with E-state index in [0.29, 0.717) is 0 Å². The van der Waals surface area contributed by atoms with Crippen LogP contribution in [0.4, 0.5) is 13.2 Å². The normalized spacial score (nSPS) is 12.3. The maximum absolute atomic E-state index is 11.3. The summed E-state index contributed by atoms with van der Waals surface area (Å²) in [6.45, 7) is -0.907. The number of nitrogens with one attached hydrogen (secondary N) is 1. The van der Waals surface area contributed by atoms with Gasteiger partial charge < -0.3 is 4.55 Å². The fourth-order valence-corrected chi connectivity index (χ4v) is 0.670. The maximum atomic E-state index is 11.3. The Bertz CT molecular complexity index is 213. The van der Waals surface area contributed by atoms with E-state index in [0.717, 1.165) is 0 Å². The molecule has 0 amide bonds. The maximum Gasteiger partial charge on any atom is 1.00 e. The molecule has 0 saturated heterocycles. The van der Waals surface area contributed by atoms with E-state index in [1.165, 1.54) is 4.72 Å². The summed E-state index contributed by atoms with van der Waals surface area (Å²) < 4.78 is 64.1. The van der Waals surface area contributed by atoms with E-state index in [4.69, 9.17) is 0 Å². The monoisotopic (exact) mass is 231 g/mol. The van der Waals surface area contributed by atoms with Crippen molar-refractivity contribution in [2.45, 2.75) is 12.6 Å². The summed E-state index contributed by atoms with van der Waals surface area (Å²) >= 11 is 0. The van der Waals surface area contributed by atoms with E-state index in [-0.39, 0.29) is 51.4 Å². The molecule has 4 nitrogen and oxygen atoms in total. The minimum Gasteiger partial charge on any atom is -0.735 e. The Kier molecular flexibility index (Phi) is 7.76. The SMILES string of the molecule is O=S(=O)([O-])NCCC(F)(F)F.[K+]. The zero-order valence-corrected chi connectivity index (χ0v) is 10.1. The number of halogens is 3. The van der Waals surface area contributed by atoms with Crippen LogP contribution >= 0.6 is 0 Å². The second-order valence-corrected chi connectivity index (χ2v) is 2.91. The van der Waals surface area contributed by atoms with Gasteiger partial charge in [0, 0.05) is 6.54 Å². The molecule has 0 aromatic heterocycles. The molecular weight excluding hydrogens is 226 g/mol. The summed E-state index contributed by atoms with van der Waals surface area (Å²) in [5.41, 5.74) is 0. The fraction of sp³-hybridized carbons (Fsp3) is 1.00. The molecule has 9 heteroatoms. The van der Waals surface area contributed by atoms with Crippen LogP contribution in [0.15, 0.2) is 0 Å². The molecule has 0 aliphatic carbocycles. The molecular formula is C3H5F3KNO3S. The third-order valence-electron chi connectivity index (χ3n) is 0.687. The molecule has 0 unspecified atom stereocenters. The average molecular weight is 231 g/mol. The third kappa shape index (κ3) is 13.9. The first kappa shape index (κ1) is 15.8. The fourth-order valence-electron chi connectivity index (χ4n) is 0.318. The molecule has 0 aliphatic rings. The zero-order valence-electron chi connectivity index (χ0n) is 6.18. The third-order valence-corrected chi connectivity index (χ3v) is 1.24. The van der Waals surface area contributed by atoms with E-state index < -0.39 is 29.4 Å². The Morgan fingerprint density at radius 3 is 2.00 bits per heavy atom. The Balaban J connectivity index is 0. The Morgan fingerprint density at radius 2 is 1.75 bits per heavy atom. The summed E-state index contributed by atoms with van der Waals surface area (Å²) in [5, 5.41) is 0. The van der Waals surface area contributed by atoms with Crippen LogP contribution in [0, 0.1) is 0 Å². The number of hydrogen-bond donors (Lipinski definition) is 1. The molecule has 0 spiro atoms. The van der Waals surface area contributed by atoms with Crippen molar-refractivity contribution < 1.29 is 77.5 Å². The Hall–Kier alpha value is 1.30. The molecule has 68 valence electrons. The second-order valence-electron chi connectivity index (χ2n) is 1.71. The Morgan fingerprint density at radius 1 is 1.33 bits per heavy atom. The van der Waals surface area contributed by atoms with Crippen LogP contribution in [0.3, 0.4) is 0 Å². The van der Waals surface area contributed by atoms with Gasteiger partial charge in [0.25, 0.3) is 0 Å². The molecule has 0 bridgehead atoms. The van der Waals surface area contributed by atoms with Crippen LogP contribution in [0.2, 0.25) is 0 Å². The quantitative estimate of drug-likeness (QED) is 0.415. The van der Waals surface area contributed by atoms with Gasteiger partial charge in [0.05, 0.1) is 6.42 Å². The molecule has 0 aromatic carbocycles. The summed E-state index contributed by atoms with van der Waals surface area (Å²) in [5.74, 6) is 0. The molecule has 12 heavy (non-hydrogen) atoms. The van der Waals surface area contributed by atoms with E-state index in [1.807, 2.05) is 0 Å². The van der Waals surface area contributed by atoms with Gasteiger partial charge >= 0.3 is 57.6 Å². The van der Waals surface area contributed by atoms with Gasteiger partial charge in [-0.3, -0.25) is 0 Å². The van der Waals surface area contributed by atoms with Crippen molar-refractivity contribution in [3.8, 4) is 0 Å². The van der Waals surface area contributed by atoms with Crippen LogP contribution in [-0.2, 0) is 10.3 Å². The van der Waals surface area contributed by atoms with E-state index >= 15 is 0 Å². The first-order valence-electron chi connectivity index (χ1n) is 2.48. The predicted molar refractivity (Wildman–Crippen MR) is 28.4 cm³/mol. The van der Waals surface area contributed by atoms with Crippen LogP contribution in [0.5, 0.6) is 0 Å².